The van der Waals surface area contributed by atoms with E-state index in [1.807, 2.05) is 24.3 Å². The van der Waals surface area contributed by atoms with Crippen LogP contribution in [0, 0.1) is 17.7 Å². The summed E-state index contributed by atoms with van der Waals surface area (Å²) in [6, 6.07) is 12.5. The molecule has 6 rings (SSSR count). The van der Waals surface area contributed by atoms with E-state index in [2.05, 4.69) is 9.27 Å². The van der Waals surface area contributed by atoms with Crippen LogP contribution in [0.4, 0.5) is 4.39 Å². The molecule has 3 aromatic rings. The molecule has 0 unspecified atom stereocenters. The number of rotatable bonds is 4. The molecule has 3 nitrogen and oxygen atoms in total. The molecule has 1 atom stereocenters. The van der Waals surface area contributed by atoms with Crippen LogP contribution < -0.4 is 0 Å². The Balaban J connectivity index is 1.41. The summed E-state index contributed by atoms with van der Waals surface area (Å²) in [6.45, 7) is 3.43. The first-order valence-corrected chi connectivity index (χ1v) is 10.4. The summed E-state index contributed by atoms with van der Waals surface area (Å²) in [6.07, 6.45) is 3.04. The standard InChI is InChI=1S/C22H21FN2OS/c23-19-4-2-1-3-17(19)15-5-6-18-21(12-15)27-24-22(18)20(26)11-16-13-25-9-7-14(16)8-10-25/h1-6,12,14,16H,7-11,13H2/t16-/m0/s1. The lowest BCUT2D eigenvalue weighted by atomic mass is 9.76. The van der Waals surface area contributed by atoms with Crippen molar-refractivity contribution in [2.24, 2.45) is 11.8 Å². The predicted octanol–water partition coefficient (Wildman–Crippen LogP) is 5.02. The van der Waals surface area contributed by atoms with Crippen LogP contribution in [-0.4, -0.2) is 34.7 Å². The minimum atomic E-state index is -0.236. The third-order valence-electron chi connectivity index (χ3n) is 6.16. The highest BCUT2D eigenvalue weighted by atomic mass is 32.1. The average molecular weight is 380 g/mol. The van der Waals surface area contributed by atoms with Crippen molar-refractivity contribution in [3.8, 4) is 11.1 Å². The van der Waals surface area contributed by atoms with Gasteiger partial charge in [0.1, 0.15) is 11.5 Å². The Morgan fingerprint density at radius 1 is 1.19 bits per heavy atom. The van der Waals surface area contributed by atoms with Gasteiger partial charge < -0.3 is 4.90 Å². The van der Waals surface area contributed by atoms with Crippen LogP contribution in [0.5, 0.6) is 0 Å². The third-order valence-corrected chi connectivity index (χ3v) is 6.97. The van der Waals surface area contributed by atoms with Crippen LogP contribution in [0.3, 0.4) is 0 Å². The highest BCUT2D eigenvalue weighted by Gasteiger charge is 2.35. The topological polar surface area (TPSA) is 33.2 Å². The molecule has 2 aromatic carbocycles. The van der Waals surface area contributed by atoms with E-state index in [0.29, 0.717) is 29.5 Å². The molecule has 0 spiro atoms. The number of hydrogen-bond acceptors (Lipinski definition) is 4. The first-order valence-electron chi connectivity index (χ1n) is 9.59. The van der Waals surface area contributed by atoms with Gasteiger partial charge in [0.25, 0.3) is 0 Å². The average Bonchev–Trinajstić information content (AvgIpc) is 3.12. The number of carbonyl (C=O) groups excluding carboxylic acids is 1. The van der Waals surface area contributed by atoms with Crippen LogP contribution in [0.25, 0.3) is 21.2 Å². The maximum Gasteiger partial charge on any atom is 0.183 e. The Morgan fingerprint density at radius 3 is 2.74 bits per heavy atom. The quantitative estimate of drug-likeness (QED) is 0.596. The summed E-state index contributed by atoms with van der Waals surface area (Å²) >= 11 is 1.33. The van der Waals surface area contributed by atoms with Crippen LogP contribution in [0.15, 0.2) is 42.5 Å². The van der Waals surface area contributed by atoms with E-state index < -0.39 is 0 Å². The first-order chi connectivity index (χ1) is 13.2. The second-order valence-electron chi connectivity index (χ2n) is 7.75. The maximum atomic E-state index is 14.1. The molecule has 0 radical (unpaired) electrons. The molecule has 0 N–H and O–H groups in total. The number of hydrogen-bond donors (Lipinski definition) is 0. The second-order valence-corrected chi connectivity index (χ2v) is 8.55. The SMILES string of the molecule is O=C(C[C@H]1CN2CCC1CC2)c1nsc2cc(-c3ccccc3F)ccc12. The highest BCUT2D eigenvalue weighted by molar-refractivity contribution is 7.13. The van der Waals surface area contributed by atoms with Gasteiger partial charge in [-0.15, -0.1) is 0 Å². The molecule has 3 saturated heterocycles. The molecule has 5 heteroatoms. The maximum absolute atomic E-state index is 14.1. The molecule has 138 valence electrons. The molecular formula is C22H21FN2OS. The molecule has 3 fully saturated rings. The van der Waals surface area contributed by atoms with Gasteiger partial charge in [0.15, 0.2) is 5.78 Å². The van der Waals surface area contributed by atoms with Gasteiger partial charge in [-0.3, -0.25) is 4.79 Å². The molecule has 2 bridgehead atoms. The fourth-order valence-electron chi connectivity index (χ4n) is 4.66. The van der Waals surface area contributed by atoms with Gasteiger partial charge in [0.05, 0.1) is 4.70 Å². The molecule has 4 heterocycles. The van der Waals surface area contributed by atoms with E-state index in [4.69, 9.17) is 0 Å². The number of aromatic nitrogens is 1. The first kappa shape index (κ1) is 17.0. The minimum absolute atomic E-state index is 0.152. The molecular weight excluding hydrogens is 359 g/mol. The van der Waals surface area contributed by atoms with Crippen molar-refractivity contribution in [1.29, 1.82) is 0 Å². The Labute approximate surface area is 162 Å². The van der Waals surface area contributed by atoms with E-state index >= 15 is 0 Å². The Kier molecular flexibility index (Phi) is 4.29. The summed E-state index contributed by atoms with van der Waals surface area (Å²) in [7, 11) is 0. The van der Waals surface area contributed by atoms with E-state index in [9.17, 15) is 9.18 Å². The van der Waals surface area contributed by atoms with Crippen molar-refractivity contribution in [2.45, 2.75) is 19.3 Å². The van der Waals surface area contributed by atoms with Gasteiger partial charge >= 0.3 is 0 Å². The number of carbonyl (C=O) groups is 1. The Hall–Kier alpha value is -2.11. The zero-order chi connectivity index (χ0) is 18.4. The highest BCUT2D eigenvalue weighted by Crippen LogP contribution is 2.36. The number of ketones is 1. The van der Waals surface area contributed by atoms with Crippen LogP contribution >= 0.6 is 11.5 Å². The summed E-state index contributed by atoms with van der Waals surface area (Å²) in [5.74, 6) is 1.07. The Morgan fingerprint density at radius 2 is 2.00 bits per heavy atom. The van der Waals surface area contributed by atoms with Crippen LogP contribution in [-0.2, 0) is 0 Å². The van der Waals surface area contributed by atoms with Crippen molar-refractivity contribution >= 4 is 27.4 Å². The van der Waals surface area contributed by atoms with E-state index in [-0.39, 0.29) is 11.6 Å². The summed E-state index contributed by atoms with van der Waals surface area (Å²) < 4.78 is 19.5. The monoisotopic (exact) mass is 380 g/mol. The lowest BCUT2D eigenvalue weighted by Gasteiger charge is -2.44. The lowest BCUT2D eigenvalue weighted by Crippen LogP contribution is -2.47. The summed E-state index contributed by atoms with van der Waals surface area (Å²) in [5.41, 5.74) is 1.99. The third kappa shape index (κ3) is 3.09. The summed E-state index contributed by atoms with van der Waals surface area (Å²) in [5, 5.41) is 0.895. The zero-order valence-electron chi connectivity index (χ0n) is 15.0. The van der Waals surface area contributed by atoms with Crippen molar-refractivity contribution in [3.63, 3.8) is 0 Å². The second kappa shape index (κ2) is 6.80. The molecule has 0 aliphatic carbocycles. The van der Waals surface area contributed by atoms with Gasteiger partial charge in [0, 0.05) is 23.9 Å². The number of benzene rings is 2. The van der Waals surface area contributed by atoms with E-state index in [0.717, 1.165) is 22.2 Å². The van der Waals surface area contributed by atoms with Gasteiger partial charge in [-0.1, -0.05) is 30.3 Å². The van der Waals surface area contributed by atoms with Crippen molar-refractivity contribution in [2.75, 3.05) is 19.6 Å². The lowest BCUT2D eigenvalue weighted by molar-refractivity contribution is 0.0440. The predicted molar refractivity (Wildman–Crippen MR) is 107 cm³/mol. The van der Waals surface area contributed by atoms with Gasteiger partial charge in [0.2, 0.25) is 0 Å². The molecule has 27 heavy (non-hydrogen) atoms. The fourth-order valence-corrected chi connectivity index (χ4v) is 5.49. The van der Waals surface area contributed by atoms with Gasteiger partial charge in [-0.2, -0.15) is 4.37 Å². The largest absolute Gasteiger partial charge is 0.303 e. The fraction of sp³-hybridized carbons (Fsp3) is 0.364. The molecule has 3 aliphatic rings. The van der Waals surface area contributed by atoms with E-state index in [1.54, 1.807) is 12.1 Å². The summed E-state index contributed by atoms with van der Waals surface area (Å²) in [4.78, 5) is 15.4. The number of fused-ring (bicyclic) bond motifs is 4. The molecule has 1 aromatic heterocycles. The van der Waals surface area contributed by atoms with Crippen LogP contribution in [0.1, 0.15) is 29.8 Å². The number of nitrogens with zero attached hydrogens (tertiary/aromatic N) is 2. The minimum Gasteiger partial charge on any atom is -0.303 e. The normalized spacial score (nSPS) is 24.4. The number of Topliss-reactive ketones (excluding diaryl/α,β-unsaturated/α-hetero) is 1. The van der Waals surface area contributed by atoms with E-state index in [1.165, 1.54) is 43.5 Å². The van der Waals surface area contributed by atoms with Crippen molar-refractivity contribution in [3.05, 3.63) is 54.0 Å². The molecule has 0 amide bonds. The molecule has 0 saturated carbocycles. The van der Waals surface area contributed by atoms with Crippen molar-refractivity contribution in [1.82, 2.24) is 9.27 Å². The number of halogens is 1. The smallest absolute Gasteiger partial charge is 0.183 e. The van der Waals surface area contributed by atoms with Gasteiger partial charge in [-0.25, -0.2) is 4.39 Å². The van der Waals surface area contributed by atoms with Crippen LogP contribution in [0.2, 0.25) is 0 Å². The van der Waals surface area contributed by atoms with Crippen molar-refractivity contribution < 1.29 is 9.18 Å². The Bertz CT molecular complexity index is 1010. The zero-order valence-corrected chi connectivity index (χ0v) is 15.8. The van der Waals surface area contributed by atoms with Gasteiger partial charge in [-0.05, 0) is 67.0 Å². The number of piperidine rings is 3. The molecule has 3 aliphatic heterocycles.